The number of hydrogen-bond donors (Lipinski definition) is 0. The minimum Gasteiger partial charge on any atom is -0.383 e. The van der Waals surface area contributed by atoms with Gasteiger partial charge in [0, 0.05) is 57.5 Å². The first-order valence-corrected chi connectivity index (χ1v) is 12.1. The van der Waals surface area contributed by atoms with Crippen LogP contribution in [0.4, 0.5) is 0 Å². The predicted molar refractivity (Wildman–Crippen MR) is 117 cm³/mol. The van der Waals surface area contributed by atoms with Crippen molar-refractivity contribution in [2.75, 3.05) is 58.4 Å². The molecule has 1 aromatic rings. The maximum atomic E-state index is 12.9. The molecule has 1 unspecified atom stereocenters. The zero-order valence-electron chi connectivity index (χ0n) is 18.5. The zero-order valence-corrected chi connectivity index (χ0v) is 19.3. The largest absolute Gasteiger partial charge is 0.383 e. The summed E-state index contributed by atoms with van der Waals surface area (Å²) in [4.78, 5) is 16.6. The number of carbonyl (C=O) groups is 1. The molecular weight excluding hydrogens is 404 g/mol. The van der Waals surface area contributed by atoms with E-state index in [-0.39, 0.29) is 23.3 Å². The molecule has 9 heteroatoms. The standard InChI is InChI=1S/C21H32N4O4S/c1-16-12-19(18(3)25(16)17(2)15-29-4)13-20(14-22)21(26)24-8-6-23(7-9-24)10-11-30(5,27)28/h12-13,17H,6-11,15H2,1-5H3/b20-13-. The van der Waals surface area contributed by atoms with Crippen LogP contribution in [0.2, 0.25) is 0 Å². The summed E-state index contributed by atoms with van der Waals surface area (Å²) in [5, 5.41) is 9.60. The molecule has 1 aliphatic heterocycles. The normalized spacial score (nSPS) is 17.1. The van der Waals surface area contributed by atoms with E-state index in [1.165, 1.54) is 6.26 Å². The van der Waals surface area contributed by atoms with Crippen molar-refractivity contribution in [1.82, 2.24) is 14.4 Å². The van der Waals surface area contributed by atoms with Crippen LogP contribution in [0.1, 0.15) is 29.9 Å². The maximum Gasteiger partial charge on any atom is 0.264 e. The molecule has 1 saturated heterocycles. The van der Waals surface area contributed by atoms with Crippen molar-refractivity contribution >= 4 is 21.8 Å². The molecule has 2 rings (SSSR count). The molecule has 0 saturated carbocycles. The van der Waals surface area contributed by atoms with Gasteiger partial charge in [-0.15, -0.1) is 0 Å². The third kappa shape index (κ3) is 6.17. The minimum atomic E-state index is -3.01. The van der Waals surface area contributed by atoms with Crippen LogP contribution in [0.25, 0.3) is 6.08 Å². The van der Waals surface area contributed by atoms with Gasteiger partial charge in [-0.3, -0.25) is 9.69 Å². The Hall–Kier alpha value is -2.15. The van der Waals surface area contributed by atoms with Crippen LogP contribution in [0.5, 0.6) is 0 Å². The SMILES string of the molecule is COCC(C)n1c(C)cc(/C=C(/C#N)C(=O)N2CCN(CCS(C)(=O)=O)CC2)c1C. The van der Waals surface area contributed by atoms with Gasteiger partial charge in [-0.1, -0.05) is 0 Å². The molecule has 30 heavy (non-hydrogen) atoms. The van der Waals surface area contributed by atoms with E-state index < -0.39 is 9.84 Å². The lowest BCUT2D eigenvalue weighted by Crippen LogP contribution is -2.49. The van der Waals surface area contributed by atoms with Gasteiger partial charge in [0.1, 0.15) is 21.5 Å². The molecule has 166 valence electrons. The molecule has 8 nitrogen and oxygen atoms in total. The number of methoxy groups -OCH3 is 1. The van der Waals surface area contributed by atoms with Crippen LogP contribution < -0.4 is 0 Å². The average molecular weight is 437 g/mol. The molecule has 0 aromatic carbocycles. The lowest BCUT2D eigenvalue weighted by atomic mass is 10.1. The lowest BCUT2D eigenvalue weighted by Gasteiger charge is -2.34. The number of amides is 1. The molecule has 0 radical (unpaired) electrons. The smallest absolute Gasteiger partial charge is 0.264 e. The second-order valence-corrected chi connectivity index (χ2v) is 10.2. The van der Waals surface area contributed by atoms with Crippen LogP contribution in [-0.2, 0) is 19.4 Å². The number of ether oxygens (including phenoxy) is 1. The van der Waals surface area contributed by atoms with Gasteiger partial charge >= 0.3 is 0 Å². The highest BCUT2D eigenvalue weighted by atomic mass is 32.2. The predicted octanol–water partition coefficient (Wildman–Crippen LogP) is 1.41. The third-order valence-corrected chi connectivity index (χ3v) is 6.38. The number of carbonyl (C=O) groups excluding carboxylic acids is 1. The summed E-state index contributed by atoms with van der Waals surface area (Å²) in [6, 6.07) is 4.19. The first-order chi connectivity index (χ1) is 14.1. The van der Waals surface area contributed by atoms with Crippen molar-refractivity contribution in [3.05, 3.63) is 28.6 Å². The Bertz CT molecular complexity index is 935. The number of aromatic nitrogens is 1. The molecule has 0 bridgehead atoms. The van der Waals surface area contributed by atoms with E-state index in [0.29, 0.717) is 39.3 Å². The summed E-state index contributed by atoms with van der Waals surface area (Å²) in [6.07, 6.45) is 2.89. The van der Waals surface area contributed by atoms with Gasteiger partial charge in [0.2, 0.25) is 0 Å². The van der Waals surface area contributed by atoms with Gasteiger partial charge in [-0.2, -0.15) is 5.26 Å². The topological polar surface area (TPSA) is 95.6 Å². The Morgan fingerprint density at radius 1 is 1.30 bits per heavy atom. The third-order valence-electron chi connectivity index (χ3n) is 5.46. The van der Waals surface area contributed by atoms with Gasteiger partial charge in [0.05, 0.1) is 18.4 Å². The van der Waals surface area contributed by atoms with Gasteiger partial charge in [0.15, 0.2) is 0 Å². The molecule has 1 atom stereocenters. The van der Waals surface area contributed by atoms with Crippen molar-refractivity contribution in [1.29, 1.82) is 5.26 Å². The Balaban J connectivity index is 2.10. The summed E-state index contributed by atoms with van der Waals surface area (Å²) in [5.74, 6) is -0.170. The highest BCUT2D eigenvalue weighted by Gasteiger charge is 2.24. The van der Waals surface area contributed by atoms with Crippen molar-refractivity contribution in [3.63, 3.8) is 0 Å². The maximum absolute atomic E-state index is 12.9. The zero-order chi connectivity index (χ0) is 22.5. The number of aryl methyl sites for hydroxylation is 1. The minimum absolute atomic E-state index is 0.110. The van der Waals surface area contributed by atoms with Crippen molar-refractivity contribution in [2.24, 2.45) is 0 Å². The van der Waals surface area contributed by atoms with Gasteiger partial charge < -0.3 is 14.2 Å². The summed E-state index contributed by atoms with van der Waals surface area (Å²) >= 11 is 0. The first-order valence-electron chi connectivity index (χ1n) is 10.1. The molecule has 2 heterocycles. The number of nitriles is 1. The quantitative estimate of drug-likeness (QED) is 0.452. The lowest BCUT2D eigenvalue weighted by molar-refractivity contribution is -0.128. The molecule has 0 spiro atoms. The fourth-order valence-electron chi connectivity index (χ4n) is 3.88. The van der Waals surface area contributed by atoms with E-state index in [4.69, 9.17) is 4.74 Å². The molecular formula is C21H32N4O4S. The van der Waals surface area contributed by atoms with Crippen LogP contribution in [0.15, 0.2) is 11.6 Å². The highest BCUT2D eigenvalue weighted by molar-refractivity contribution is 7.90. The number of hydrogen-bond acceptors (Lipinski definition) is 6. The van der Waals surface area contributed by atoms with Gasteiger partial charge in [-0.25, -0.2) is 8.42 Å². The van der Waals surface area contributed by atoms with Crippen LogP contribution in [-0.4, -0.2) is 87.1 Å². The Morgan fingerprint density at radius 3 is 2.47 bits per heavy atom. The van der Waals surface area contributed by atoms with E-state index >= 15 is 0 Å². The van der Waals surface area contributed by atoms with Gasteiger partial charge in [0.25, 0.3) is 5.91 Å². The van der Waals surface area contributed by atoms with Crippen molar-refractivity contribution in [3.8, 4) is 6.07 Å². The first kappa shape index (κ1) is 24.1. The van der Waals surface area contributed by atoms with Gasteiger partial charge in [-0.05, 0) is 38.5 Å². The number of nitrogens with zero attached hydrogens (tertiary/aromatic N) is 4. The Morgan fingerprint density at radius 2 is 1.93 bits per heavy atom. The molecule has 1 aliphatic rings. The van der Waals surface area contributed by atoms with E-state index in [0.717, 1.165) is 17.0 Å². The van der Waals surface area contributed by atoms with Crippen molar-refractivity contribution in [2.45, 2.75) is 26.8 Å². The second-order valence-electron chi connectivity index (χ2n) is 7.93. The summed E-state index contributed by atoms with van der Waals surface area (Å²) in [6.45, 7) is 9.24. The monoisotopic (exact) mass is 436 g/mol. The summed E-state index contributed by atoms with van der Waals surface area (Å²) in [5.41, 5.74) is 3.00. The Labute approximate surface area is 179 Å². The summed E-state index contributed by atoms with van der Waals surface area (Å²) < 4.78 is 30.1. The van der Waals surface area contributed by atoms with E-state index in [2.05, 4.69) is 17.6 Å². The number of rotatable bonds is 8. The fraction of sp³-hybridized carbons (Fsp3) is 0.619. The van der Waals surface area contributed by atoms with Crippen LogP contribution in [0.3, 0.4) is 0 Å². The van der Waals surface area contributed by atoms with Crippen LogP contribution >= 0.6 is 0 Å². The van der Waals surface area contributed by atoms with E-state index in [1.807, 2.05) is 24.8 Å². The molecule has 0 N–H and O–H groups in total. The molecule has 1 amide bonds. The van der Waals surface area contributed by atoms with E-state index in [9.17, 15) is 18.5 Å². The second kappa shape index (κ2) is 10.2. The van der Waals surface area contributed by atoms with Crippen molar-refractivity contribution < 1.29 is 17.9 Å². The number of sulfone groups is 1. The highest BCUT2D eigenvalue weighted by Crippen LogP contribution is 2.23. The Kier molecular flexibility index (Phi) is 8.24. The fourth-order valence-corrected chi connectivity index (χ4v) is 4.47. The van der Waals surface area contributed by atoms with E-state index in [1.54, 1.807) is 18.1 Å². The van der Waals surface area contributed by atoms with Crippen LogP contribution in [0, 0.1) is 25.2 Å². The molecule has 1 fully saturated rings. The molecule has 1 aromatic heterocycles. The summed E-state index contributed by atoms with van der Waals surface area (Å²) in [7, 11) is -1.34. The average Bonchev–Trinajstić information content (AvgIpc) is 2.97. The molecule has 0 aliphatic carbocycles. The number of piperazine rings is 1.